The summed E-state index contributed by atoms with van der Waals surface area (Å²) in [7, 11) is 0. The molecule has 0 saturated heterocycles. The number of aliphatic hydroxyl groups is 1. The van der Waals surface area contributed by atoms with Gasteiger partial charge in [0.25, 0.3) is 0 Å². The molecule has 0 heterocycles. The maximum Gasteiger partial charge on any atom is 0.222 e. The quantitative estimate of drug-likeness (QED) is 0.681. The Morgan fingerprint density at radius 3 is 2.38 bits per heavy atom. The highest BCUT2D eigenvalue weighted by Crippen LogP contribution is 2.06. The molecule has 0 aromatic rings. The van der Waals surface area contributed by atoms with Crippen LogP contribution in [0.2, 0.25) is 0 Å². The highest BCUT2D eigenvalue weighted by Gasteiger charge is 2.17. The molecule has 0 unspecified atom stereocenters. The Bertz CT molecular complexity index is 159. The lowest BCUT2D eigenvalue weighted by Crippen LogP contribution is -2.33. The maximum atomic E-state index is 11.2. The van der Waals surface area contributed by atoms with E-state index in [0.29, 0.717) is 12.5 Å². The van der Waals surface area contributed by atoms with Crippen LogP contribution in [0.25, 0.3) is 0 Å². The normalized spacial score (nSPS) is 11.8. The third kappa shape index (κ3) is 9.34. The SMILES string of the molecule is CC(C)CCNC(=O)CC(C)(C)O. The van der Waals surface area contributed by atoms with Crippen LogP contribution >= 0.6 is 0 Å². The Morgan fingerprint density at radius 2 is 2.00 bits per heavy atom. The van der Waals surface area contributed by atoms with E-state index < -0.39 is 5.60 Å². The topological polar surface area (TPSA) is 49.3 Å². The molecule has 0 aliphatic carbocycles. The van der Waals surface area contributed by atoms with E-state index in [2.05, 4.69) is 19.2 Å². The van der Waals surface area contributed by atoms with Crippen LogP contribution < -0.4 is 5.32 Å². The minimum absolute atomic E-state index is 0.0758. The van der Waals surface area contributed by atoms with Gasteiger partial charge in [0.15, 0.2) is 0 Å². The second-order valence-corrected chi connectivity index (χ2v) is 4.52. The van der Waals surface area contributed by atoms with E-state index in [0.717, 1.165) is 6.42 Å². The number of hydrogen-bond donors (Lipinski definition) is 2. The highest BCUT2D eigenvalue weighted by atomic mass is 16.3. The lowest BCUT2D eigenvalue weighted by atomic mass is 10.1. The lowest BCUT2D eigenvalue weighted by molar-refractivity contribution is -0.124. The molecule has 0 aromatic heterocycles. The molecule has 0 aromatic carbocycles. The molecule has 0 radical (unpaired) electrons. The molecule has 1 amide bonds. The van der Waals surface area contributed by atoms with Crippen molar-refractivity contribution in [1.29, 1.82) is 0 Å². The summed E-state index contributed by atoms with van der Waals surface area (Å²) in [5.41, 5.74) is -0.901. The third-order valence-corrected chi connectivity index (χ3v) is 1.64. The fourth-order valence-corrected chi connectivity index (χ4v) is 0.956. The van der Waals surface area contributed by atoms with E-state index in [1.807, 2.05) is 0 Å². The van der Waals surface area contributed by atoms with Crippen LogP contribution in [-0.2, 0) is 4.79 Å². The first-order valence-electron chi connectivity index (χ1n) is 4.80. The van der Waals surface area contributed by atoms with Crippen molar-refractivity contribution in [3.8, 4) is 0 Å². The molecule has 0 aliphatic heterocycles. The number of rotatable bonds is 5. The number of hydrogen-bond acceptors (Lipinski definition) is 2. The molecule has 0 saturated carbocycles. The molecule has 2 N–H and O–H groups in total. The van der Waals surface area contributed by atoms with Crippen LogP contribution in [0.15, 0.2) is 0 Å². The first-order valence-corrected chi connectivity index (χ1v) is 4.80. The van der Waals surface area contributed by atoms with Gasteiger partial charge in [-0.25, -0.2) is 0 Å². The molecular weight excluding hydrogens is 166 g/mol. The van der Waals surface area contributed by atoms with Crippen LogP contribution in [0.1, 0.15) is 40.5 Å². The number of amides is 1. The average molecular weight is 187 g/mol. The Morgan fingerprint density at radius 1 is 1.46 bits per heavy atom. The van der Waals surface area contributed by atoms with Gasteiger partial charge in [0, 0.05) is 6.54 Å². The molecular formula is C10H21NO2. The lowest BCUT2D eigenvalue weighted by Gasteiger charge is -2.16. The summed E-state index contributed by atoms with van der Waals surface area (Å²) in [5.74, 6) is 0.524. The molecule has 0 rings (SSSR count). The van der Waals surface area contributed by atoms with Gasteiger partial charge >= 0.3 is 0 Å². The van der Waals surface area contributed by atoms with Gasteiger partial charge in [-0.1, -0.05) is 13.8 Å². The standard InChI is InChI=1S/C10H21NO2/c1-8(2)5-6-11-9(12)7-10(3,4)13/h8,13H,5-7H2,1-4H3,(H,11,12). The van der Waals surface area contributed by atoms with Crippen LogP contribution in [0, 0.1) is 5.92 Å². The third-order valence-electron chi connectivity index (χ3n) is 1.64. The van der Waals surface area contributed by atoms with Crippen LogP contribution in [0.5, 0.6) is 0 Å². The Balaban J connectivity index is 3.53. The predicted molar refractivity (Wildman–Crippen MR) is 53.4 cm³/mol. The van der Waals surface area contributed by atoms with E-state index in [1.54, 1.807) is 13.8 Å². The summed E-state index contributed by atoms with van der Waals surface area (Å²) in [6.07, 6.45) is 1.16. The molecule has 0 atom stereocenters. The van der Waals surface area contributed by atoms with E-state index in [1.165, 1.54) is 0 Å². The summed E-state index contributed by atoms with van der Waals surface area (Å²) in [6, 6.07) is 0. The Hall–Kier alpha value is -0.570. The molecule has 0 aliphatic rings. The Kier molecular flexibility index (Phi) is 4.99. The monoisotopic (exact) mass is 187 g/mol. The maximum absolute atomic E-state index is 11.2. The van der Waals surface area contributed by atoms with Gasteiger partial charge in [-0.05, 0) is 26.2 Å². The zero-order chi connectivity index (χ0) is 10.5. The second-order valence-electron chi connectivity index (χ2n) is 4.52. The van der Waals surface area contributed by atoms with E-state index >= 15 is 0 Å². The van der Waals surface area contributed by atoms with Crippen molar-refractivity contribution in [2.45, 2.75) is 46.1 Å². The largest absolute Gasteiger partial charge is 0.390 e. The average Bonchev–Trinajstić information content (AvgIpc) is 1.81. The van der Waals surface area contributed by atoms with Crippen LogP contribution in [-0.4, -0.2) is 23.2 Å². The van der Waals surface area contributed by atoms with Crippen molar-refractivity contribution in [3.05, 3.63) is 0 Å². The summed E-state index contributed by atoms with van der Waals surface area (Å²) in [6.45, 7) is 8.20. The molecule has 3 heteroatoms. The van der Waals surface area contributed by atoms with E-state index in [9.17, 15) is 9.90 Å². The first-order chi connectivity index (χ1) is 5.81. The Labute approximate surface area is 80.5 Å². The number of carbonyl (C=O) groups is 1. The molecule has 3 nitrogen and oxygen atoms in total. The van der Waals surface area contributed by atoms with E-state index in [4.69, 9.17) is 0 Å². The van der Waals surface area contributed by atoms with Crippen molar-refractivity contribution >= 4 is 5.91 Å². The van der Waals surface area contributed by atoms with Crippen molar-refractivity contribution in [1.82, 2.24) is 5.32 Å². The van der Waals surface area contributed by atoms with Gasteiger partial charge in [-0.2, -0.15) is 0 Å². The fraction of sp³-hybridized carbons (Fsp3) is 0.900. The number of nitrogens with one attached hydrogen (secondary N) is 1. The van der Waals surface area contributed by atoms with Gasteiger partial charge in [-0.3, -0.25) is 4.79 Å². The van der Waals surface area contributed by atoms with Gasteiger partial charge in [0.1, 0.15) is 0 Å². The molecule has 13 heavy (non-hydrogen) atoms. The molecule has 0 bridgehead atoms. The zero-order valence-corrected chi connectivity index (χ0v) is 9.05. The van der Waals surface area contributed by atoms with E-state index in [-0.39, 0.29) is 12.3 Å². The van der Waals surface area contributed by atoms with Crippen molar-refractivity contribution in [2.75, 3.05) is 6.54 Å². The van der Waals surface area contributed by atoms with Crippen molar-refractivity contribution in [3.63, 3.8) is 0 Å². The summed E-state index contributed by atoms with van der Waals surface area (Å²) < 4.78 is 0. The molecule has 0 spiro atoms. The first kappa shape index (κ1) is 12.4. The molecule has 78 valence electrons. The number of carbonyl (C=O) groups excluding carboxylic acids is 1. The van der Waals surface area contributed by atoms with Crippen LogP contribution in [0.3, 0.4) is 0 Å². The zero-order valence-electron chi connectivity index (χ0n) is 9.05. The summed E-state index contributed by atoms with van der Waals surface area (Å²) in [5, 5.41) is 12.1. The van der Waals surface area contributed by atoms with Gasteiger partial charge in [-0.15, -0.1) is 0 Å². The van der Waals surface area contributed by atoms with Crippen molar-refractivity contribution < 1.29 is 9.90 Å². The highest BCUT2D eigenvalue weighted by molar-refractivity contribution is 5.76. The summed E-state index contributed by atoms with van der Waals surface area (Å²) in [4.78, 5) is 11.2. The smallest absolute Gasteiger partial charge is 0.222 e. The van der Waals surface area contributed by atoms with Crippen molar-refractivity contribution in [2.24, 2.45) is 5.92 Å². The second kappa shape index (κ2) is 5.22. The van der Waals surface area contributed by atoms with Gasteiger partial charge in [0.05, 0.1) is 12.0 Å². The van der Waals surface area contributed by atoms with Gasteiger partial charge < -0.3 is 10.4 Å². The minimum Gasteiger partial charge on any atom is -0.390 e. The fourth-order valence-electron chi connectivity index (χ4n) is 0.956. The van der Waals surface area contributed by atoms with Crippen LogP contribution in [0.4, 0.5) is 0 Å². The van der Waals surface area contributed by atoms with Gasteiger partial charge in [0.2, 0.25) is 5.91 Å². The summed E-state index contributed by atoms with van der Waals surface area (Å²) >= 11 is 0. The minimum atomic E-state index is -0.901. The predicted octanol–water partition coefficient (Wildman–Crippen LogP) is 1.31. The molecule has 0 fully saturated rings.